The fourth-order valence-corrected chi connectivity index (χ4v) is 2.87. The molecule has 0 radical (unpaired) electrons. The van der Waals surface area contributed by atoms with Gasteiger partial charge in [0.2, 0.25) is 4.73 Å². The predicted molar refractivity (Wildman–Crippen MR) is 75.9 cm³/mol. The van der Waals surface area contributed by atoms with Crippen LogP contribution < -0.4 is 4.74 Å². The second-order valence-corrected chi connectivity index (χ2v) is 6.39. The maximum absolute atomic E-state index is 6.09. The van der Waals surface area contributed by atoms with Crippen LogP contribution in [-0.2, 0) is 6.54 Å². The van der Waals surface area contributed by atoms with Gasteiger partial charge in [-0.05, 0) is 39.9 Å². The Morgan fingerprint density at radius 1 is 1.32 bits per heavy atom. The highest BCUT2D eigenvalue weighted by Crippen LogP contribution is 2.39. The van der Waals surface area contributed by atoms with E-state index in [1.165, 1.54) is 0 Å². The molecule has 3 rings (SSSR count). The van der Waals surface area contributed by atoms with Crippen molar-refractivity contribution in [1.29, 1.82) is 0 Å². The summed E-state index contributed by atoms with van der Waals surface area (Å²) in [5.41, 5.74) is 0.152. The van der Waals surface area contributed by atoms with E-state index in [1.54, 1.807) is 0 Å². The van der Waals surface area contributed by atoms with Crippen molar-refractivity contribution in [3.8, 4) is 5.75 Å². The molecule has 1 aromatic carbocycles. The van der Waals surface area contributed by atoms with Gasteiger partial charge in [-0.2, -0.15) is 0 Å². The van der Waals surface area contributed by atoms with Gasteiger partial charge in [0.05, 0.1) is 0 Å². The molecule has 1 unspecified atom stereocenters. The van der Waals surface area contributed by atoms with Crippen LogP contribution in [0.15, 0.2) is 35.1 Å². The van der Waals surface area contributed by atoms with E-state index in [0.29, 0.717) is 4.73 Å². The molecule has 0 N–H and O–H groups in total. The van der Waals surface area contributed by atoms with Crippen LogP contribution in [0.3, 0.4) is 0 Å². The molecule has 0 fully saturated rings. The normalized spacial score (nSPS) is 20.9. The lowest BCUT2D eigenvalue weighted by Gasteiger charge is -2.34. The Morgan fingerprint density at radius 2 is 2.05 bits per heavy atom. The summed E-state index contributed by atoms with van der Waals surface area (Å²) in [6.07, 6.45) is 0.887. The number of para-hydroxylation sites is 1. The van der Waals surface area contributed by atoms with Gasteiger partial charge >= 0.3 is 0 Å². The third-order valence-electron chi connectivity index (χ3n) is 3.30. The quantitative estimate of drug-likeness (QED) is 0.848. The van der Waals surface area contributed by atoms with Crippen molar-refractivity contribution in [2.75, 3.05) is 0 Å². The lowest BCUT2D eigenvalue weighted by atomic mass is 9.84. The molecule has 1 aliphatic rings. The summed E-state index contributed by atoms with van der Waals surface area (Å²) < 4.78 is 8.66. The van der Waals surface area contributed by atoms with Crippen molar-refractivity contribution in [2.24, 2.45) is 5.41 Å². The van der Waals surface area contributed by atoms with Gasteiger partial charge in [-0.3, -0.25) is 0 Å². The lowest BCUT2D eigenvalue weighted by Crippen LogP contribution is -2.33. The first-order valence-corrected chi connectivity index (χ1v) is 7.15. The largest absolute Gasteiger partial charge is 0.482 e. The number of rotatable bonds is 2. The molecule has 1 atom stereocenters. The standard InChI is InChI=1S/C14H16BrN3O/c1-14(2)8-11(19-10-6-4-3-5-7-10)12-16-13(15)17-18(12)9-14/h3-7,11H,8-9H2,1-2H3. The number of ether oxygens (including phenoxy) is 1. The summed E-state index contributed by atoms with van der Waals surface area (Å²) in [5, 5.41) is 4.38. The Bertz CT molecular complexity index is 580. The number of fused-ring (bicyclic) bond motifs is 1. The first-order chi connectivity index (χ1) is 9.03. The van der Waals surface area contributed by atoms with Crippen LogP contribution in [0.1, 0.15) is 32.2 Å². The van der Waals surface area contributed by atoms with Crippen molar-refractivity contribution >= 4 is 15.9 Å². The fourth-order valence-electron chi connectivity index (χ4n) is 2.50. The molecule has 0 saturated heterocycles. The third kappa shape index (κ3) is 2.66. The third-order valence-corrected chi connectivity index (χ3v) is 3.64. The van der Waals surface area contributed by atoms with Gasteiger partial charge in [0.15, 0.2) is 11.9 Å². The van der Waals surface area contributed by atoms with Crippen molar-refractivity contribution in [3.63, 3.8) is 0 Å². The number of halogens is 1. The number of nitrogens with zero attached hydrogens (tertiary/aromatic N) is 3. The van der Waals surface area contributed by atoms with Crippen LogP contribution in [0.5, 0.6) is 5.75 Å². The summed E-state index contributed by atoms with van der Waals surface area (Å²) >= 11 is 3.34. The number of hydrogen-bond acceptors (Lipinski definition) is 3. The van der Waals surface area contributed by atoms with Gasteiger partial charge in [0, 0.05) is 6.54 Å². The minimum Gasteiger partial charge on any atom is -0.482 e. The molecule has 4 nitrogen and oxygen atoms in total. The Morgan fingerprint density at radius 3 is 2.79 bits per heavy atom. The Hall–Kier alpha value is -1.36. The van der Waals surface area contributed by atoms with E-state index in [1.807, 2.05) is 35.0 Å². The molecule has 1 aromatic heterocycles. The molecule has 0 spiro atoms. The van der Waals surface area contributed by atoms with E-state index in [4.69, 9.17) is 4.74 Å². The first kappa shape index (κ1) is 12.7. The summed E-state index contributed by atoms with van der Waals surface area (Å²) in [7, 11) is 0. The lowest BCUT2D eigenvalue weighted by molar-refractivity contribution is 0.0817. The minimum atomic E-state index is -0.0510. The van der Waals surface area contributed by atoms with E-state index in [2.05, 4.69) is 39.9 Å². The number of benzene rings is 1. The second kappa shape index (κ2) is 4.63. The van der Waals surface area contributed by atoms with Crippen LogP contribution in [0.2, 0.25) is 0 Å². The van der Waals surface area contributed by atoms with E-state index in [0.717, 1.165) is 24.5 Å². The predicted octanol–water partition coefficient (Wildman–Crippen LogP) is 3.59. The smallest absolute Gasteiger partial charge is 0.217 e. The maximum Gasteiger partial charge on any atom is 0.217 e. The Kier molecular flexibility index (Phi) is 3.09. The second-order valence-electron chi connectivity index (χ2n) is 5.68. The molecular weight excluding hydrogens is 306 g/mol. The highest BCUT2D eigenvalue weighted by atomic mass is 79.9. The molecule has 0 aliphatic carbocycles. The Balaban J connectivity index is 1.92. The van der Waals surface area contributed by atoms with Crippen LogP contribution in [0, 0.1) is 5.41 Å². The summed E-state index contributed by atoms with van der Waals surface area (Å²) in [6.45, 7) is 5.33. The average Bonchev–Trinajstić information content (AvgIpc) is 2.69. The van der Waals surface area contributed by atoms with Gasteiger partial charge in [0.25, 0.3) is 0 Å². The monoisotopic (exact) mass is 321 g/mol. The Labute approximate surface area is 120 Å². The van der Waals surface area contributed by atoms with Gasteiger partial charge < -0.3 is 4.74 Å². The highest BCUT2D eigenvalue weighted by molar-refractivity contribution is 9.10. The van der Waals surface area contributed by atoms with Crippen LogP contribution in [0.4, 0.5) is 0 Å². The van der Waals surface area contributed by atoms with E-state index >= 15 is 0 Å². The highest BCUT2D eigenvalue weighted by Gasteiger charge is 2.36. The fraction of sp³-hybridized carbons (Fsp3) is 0.429. The van der Waals surface area contributed by atoms with Crippen molar-refractivity contribution in [1.82, 2.24) is 14.8 Å². The van der Waals surface area contributed by atoms with Gasteiger partial charge in [-0.25, -0.2) is 9.67 Å². The maximum atomic E-state index is 6.09. The molecule has 1 aliphatic heterocycles. The van der Waals surface area contributed by atoms with Gasteiger partial charge in [-0.1, -0.05) is 32.0 Å². The molecule has 0 saturated carbocycles. The molecule has 100 valence electrons. The number of hydrogen-bond donors (Lipinski definition) is 0. The zero-order valence-corrected chi connectivity index (χ0v) is 12.6. The molecule has 5 heteroatoms. The summed E-state index contributed by atoms with van der Waals surface area (Å²) in [6, 6.07) is 9.87. The molecule has 2 aromatic rings. The van der Waals surface area contributed by atoms with Crippen LogP contribution in [-0.4, -0.2) is 14.8 Å². The molecule has 19 heavy (non-hydrogen) atoms. The van der Waals surface area contributed by atoms with Crippen LogP contribution in [0.25, 0.3) is 0 Å². The van der Waals surface area contributed by atoms with Crippen molar-refractivity contribution < 1.29 is 4.74 Å². The first-order valence-electron chi connectivity index (χ1n) is 6.35. The zero-order chi connectivity index (χ0) is 13.5. The summed E-state index contributed by atoms with van der Waals surface area (Å²) in [4.78, 5) is 4.44. The van der Waals surface area contributed by atoms with E-state index in [-0.39, 0.29) is 11.5 Å². The van der Waals surface area contributed by atoms with Gasteiger partial charge in [0.1, 0.15) is 5.75 Å². The van der Waals surface area contributed by atoms with Crippen molar-refractivity contribution in [2.45, 2.75) is 32.9 Å². The van der Waals surface area contributed by atoms with E-state index < -0.39 is 0 Å². The molecule has 0 bridgehead atoms. The van der Waals surface area contributed by atoms with Crippen molar-refractivity contribution in [3.05, 3.63) is 40.9 Å². The van der Waals surface area contributed by atoms with Crippen LogP contribution >= 0.6 is 15.9 Å². The molecular formula is C14H16BrN3O. The summed E-state index contributed by atoms with van der Waals surface area (Å²) in [5.74, 6) is 1.77. The van der Waals surface area contributed by atoms with E-state index in [9.17, 15) is 0 Å². The zero-order valence-electron chi connectivity index (χ0n) is 11.0. The molecule has 2 heterocycles. The minimum absolute atomic E-state index is 0.0510. The number of aromatic nitrogens is 3. The van der Waals surface area contributed by atoms with Gasteiger partial charge in [-0.15, -0.1) is 5.10 Å². The topological polar surface area (TPSA) is 39.9 Å². The average molecular weight is 322 g/mol. The SMILES string of the molecule is CC1(C)CC(Oc2ccccc2)c2nc(Br)nn2C1. The molecule has 0 amide bonds.